The average molecular weight is 410 g/mol. The van der Waals surface area contributed by atoms with Crippen LogP contribution in [-0.2, 0) is 9.53 Å². The second kappa shape index (κ2) is 7.78. The molecule has 1 amide bonds. The van der Waals surface area contributed by atoms with Crippen LogP contribution in [0.25, 0.3) is 21.3 Å². The third-order valence-corrected chi connectivity index (χ3v) is 6.72. The first-order valence-corrected chi connectivity index (χ1v) is 10.8. The van der Waals surface area contributed by atoms with Gasteiger partial charge in [0, 0.05) is 23.7 Å². The van der Waals surface area contributed by atoms with Crippen LogP contribution in [0.2, 0.25) is 0 Å². The number of rotatable bonds is 4. The largest absolute Gasteiger partial charge is 0.378 e. The maximum Gasteiger partial charge on any atom is 0.229 e. The van der Waals surface area contributed by atoms with E-state index in [9.17, 15) is 4.79 Å². The lowest BCUT2D eigenvalue weighted by Crippen LogP contribution is -2.52. The van der Waals surface area contributed by atoms with Gasteiger partial charge in [-0.2, -0.15) is 0 Å². The molecule has 0 atom stereocenters. The maximum atomic E-state index is 12.7. The van der Waals surface area contributed by atoms with E-state index in [1.54, 1.807) is 17.5 Å². The van der Waals surface area contributed by atoms with Gasteiger partial charge in [0.2, 0.25) is 11.9 Å². The Kier molecular flexibility index (Phi) is 4.99. The molecule has 150 valence electrons. The topological polar surface area (TPSA) is 80.2 Å². The number of fused-ring (bicyclic) bond motifs is 1. The number of piperidine rings is 1. The van der Waals surface area contributed by atoms with Gasteiger partial charge in [0.05, 0.1) is 34.7 Å². The molecule has 0 spiro atoms. The zero-order valence-corrected chi connectivity index (χ0v) is 17.1. The van der Waals surface area contributed by atoms with Crippen LogP contribution in [0.15, 0.2) is 30.6 Å². The number of aromatic nitrogens is 3. The molecule has 2 aliphatic rings. The first-order valence-electron chi connectivity index (χ1n) is 9.98. The van der Waals surface area contributed by atoms with E-state index in [2.05, 4.69) is 31.2 Å². The van der Waals surface area contributed by atoms with Gasteiger partial charge in [-0.05, 0) is 44.5 Å². The van der Waals surface area contributed by atoms with Gasteiger partial charge in [0.25, 0.3) is 0 Å². The van der Waals surface area contributed by atoms with Crippen molar-refractivity contribution >= 4 is 34.1 Å². The maximum absolute atomic E-state index is 12.7. The third-order valence-electron chi connectivity index (χ3n) is 5.76. The Labute approximate surface area is 173 Å². The van der Waals surface area contributed by atoms with Crippen molar-refractivity contribution in [2.24, 2.45) is 5.92 Å². The molecule has 29 heavy (non-hydrogen) atoms. The fraction of sp³-hybridized carbons (Fsp3) is 0.429. The summed E-state index contributed by atoms with van der Waals surface area (Å²) in [5, 5.41) is 4.91. The summed E-state index contributed by atoms with van der Waals surface area (Å²) in [5.41, 5.74) is 1.89. The number of carbonyl (C=O) groups is 1. The number of benzene rings is 1. The van der Waals surface area contributed by atoms with Gasteiger partial charge < -0.3 is 4.74 Å². The van der Waals surface area contributed by atoms with Gasteiger partial charge in [0.1, 0.15) is 0 Å². The molecule has 0 bridgehead atoms. The smallest absolute Gasteiger partial charge is 0.229 e. The molecule has 3 aromatic rings. The third kappa shape index (κ3) is 3.88. The lowest BCUT2D eigenvalue weighted by molar-refractivity contribution is -0.123. The summed E-state index contributed by atoms with van der Waals surface area (Å²) in [7, 11) is 0. The average Bonchev–Trinajstić information content (AvgIpc) is 3.13. The van der Waals surface area contributed by atoms with Crippen LogP contribution < -0.4 is 5.32 Å². The van der Waals surface area contributed by atoms with Gasteiger partial charge in [-0.1, -0.05) is 12.1 Å². The molecule has 0 saturated carbocycles. The molecule has 7 nitrogen and oxygen atoms in total. The Morgan fingerprint density at radius 1 is 1.21 bits per heavy atom. The van der Waals surface area contributed by atoms with E-state index in [-0.39, 0.29) is 11.8 Å². The minimum atomic E-state index is 0.0121. The number of likely N-dealkylation sites (tertiary alicyclic amines) is 1. The Hall–Kier alpha value is -2.42. The Bertz CT molecular complexity index is 1040. The highest BCUT2D eigenvalue weighted by atomic mass is 32.1. The van der Waals surface area contributed by atoms with Crippen LogP contribution in [0, 0.1) is 12.8 Å². The van der Waals surface area contributed by atoms with Gasteiger partial charge >= 0.3 is 0 Å². The number of nitrogens with one attached hydrogen (secondary N) is 1. The van der Waals surface area contributed by atoms with Crippen LogP contribution in [0.5, 0.6) is 0 Å². The molecule has 2 saturated heterocycles. The Morgan fingerprint density at radius 2 is 2.03 bits per heavy atom. The molecule has 1 N–H and O–H groups in total. The van der Waals surface area contributed by atoms with Crippen molar-refractivity contribution in [3.8, 4) is 10.4 Å². The predicted molar refractivity (Wildman–Crippen MR) is 113 cm³/mol. The molecular weight excluding hydrogens is 386 g/mol. The second-order valence-electron chi connectivity index (χ2n) is 7.70. The van der Waals surface area contributed by atoms with Gasteiger partial charge in [-0.15, -0.1) is 11.3 Å². The van der Waals surface area contributed by atoms with E-state index in [0.29, 0.717) is 12.0 Å². The summed E-state index contributed by atoms with van der Waals surface area (Å²) >= 11 is 1.65. The lowest BCUT2D eigenvalue weighted by Gasteiger charge is -2.41. The number of aryl methyl sites for hydroxylation is 1. The zero-order chi connectivity index (χ0) is 19.8. The normalized spacial score (nSPS) is 18.7. The number of anilines is 1. The number of hydrogen-bond donors (Lipinski definition) is 1. The molecule has 2 aromatic heterocycles. The van der Waals surface area contributed by atoms with E-state index >= 15 is 0 Å². The van der Waals surface area contributed by atoms with Crippen LogP contribution in [-0.4, -0.2) is 58.1 Å². The lowest BCUT2D eigenvalue weighted by atomic mass is 9.94. The van der Waals surface area contributed by atoms with Crippen molar-refractivity contribution in [3.05, 3.63) is 35.6 Å². The quantitative estimate of drug-likeness (QED) is 0.713. The number of thiazole rings is 1. The summed E-state index contributed by atoms with van der Waals surface area (Å²) in [6.07, 6.45) is 5.38. The summed E-state index contributed by atoms with van der Waals surface area (Å²) in [5.74, 6) is 0.399. The van der Waals surface area contributed by atoms with E-state index in [0.717, 1.165) is 65.5 Å². The first kappa shape index (κ1) is 18.6. The summed E-state index contributed by atoms with van der Waals surface area (Å²) < 4.78 is 5.27. The van der Waals surface area contributed by atoms with Crippen molar-refractivity contribution < 1.29 is 9.53 Å². The molecule has 0 radical (unpaired) electrons. The predicted octanol–water partition coefficient (Wildman–Crippen LogP) is 3.11. The van der Waals surface area contributed by atoms with Gasteiger partial charge in [0.15, 0.2) is 0 Å². The fourth-order valence-electron chi connectivity index (χ4n) is 3.90. The molecule has 4 heterocycles. The molecule has 0 aliphatic carbocycles. The molecular formula is C21H23N5O2S. The van der Waals surface area contributed by atoms with Crippen molar-refractivity contribution in [2.45, 2.75) is 25.8 Å². The first-order chi connectivity index (χ1) is 14.2. The summed E-state index contributed by atoms with van der Waals surface area (Å²) in [4.78, 5) is 29.5. The molecule has 0 unspecified atom stereocenters. The number of hydrogen-bond acceptors (Lipinski definition) is 7. The highest BCUT2D eigenvalue weighted by Crippen LogP contribution is 2.28. The van der Waals surface area contributed by atoms with Crippen molar-refractivity contribution in [2.75, 3.05) is 31.6 Å². The highest BCUT2D eigenvalue weighted by molar-refractivity contribution is 7.15. The fourth-order valence-corrected chi connectivity index (χ4v) is 4.68. The van der Waals surface area contributed by atoms with Gasteiger partial charge in [-0.3, -0.25) is 15.0 Å². The van der Waals surface area contributed by atoms with Gasteiger partial charge in [-0.25, -0.2) is 15.0 Å². The molecule has 1 aromatic carbocycles. The van der Waals surface area contributed by atoms with Crippen LogP contribution >= 0.6 is 11.3 Å². The second-order valence-corrected chi connectivity index (χ2v) is 8.94. The number of carbonyl (C=O) groups excluding carboxylic acids is 1. The van der Waals surface area contributed by atoms with Crippen molar-refractivity contribution in [1.29, 1.82) is 0 Å². The van der Waals surface area contributed by atoms with E-state index in [4.69, 9.17) is 4.74 Å². The monoisotopic (exact) mass is 409 g/mol. The van der Waals surface area contributed by atoms with E-state index in [1.807, 2.05) is 25.3 Å². The highest BCUT2D eigenvalue weighted by Gasteiger charge is 2.32. The number of amides is 1. The van der Waals surface area contributed by atoms with E-state index < -0.39 is 0 Å². The summed E-state index contributed by atoms with van der Waals surface area (Å²) in [6.45, 7) is 5.54. The van der Waals surface area contributed by atoms with Crippen LogP contribution in [0.4, 0.5) is 5.95 Å². The SMILES string of the molecule is Cc1ncc(-c2ccc3cnc(NC(=O)C4CCN(C5COC5)CC4)nc3c2)s1. The number of ether oxygens (including phenoxy) is 1. The molecule has 2 aliphatic heterocycles. The minimum absolute atomic E-state index is 0.0121. The Balaban J connectivity index is 1.28. The molecule has 5 rings (SSSR count). The van der Waals surface area contributed by atoms with Crippen molar-refractivity contribution in [3.63, 3.8) is 0 Å². The number of nitrogens with zero attached hydrogens (tertiary/aromatic N) is 4. The van der Waals surface area contributed by atoms with E-state index in [1.165, 1.54) is 0 Å². The van der Waals surface area contributed by atoms with Crippen LogP contribution in [0.1, 0.15) is 17.8 Å². The summed E-state index contributed by atoms with van der Waals surface area (Å²) in [6, 6.07) is 6.63. The standard InChI is InChI=1S/C21H23N5O2S/c1-13-22-10-19(29-13)15-2-3-16-9-23-21(24-18(16)8-15)25-20(27)14-4-6-26(7-5-14)17-11-28-12-17/h2-3,8-10,14,17H,4-7,11-12H2,1H3,(H,23,24,25,27). The minimum Gasteiger partial charge on any atom is -0.378 e. The zero-order valence-electron chi connectivity index (χ0n) is 16.3. The van der Waals surface area contributed by atoms with Crippen molar-refractivity contribution in [1.82, 2.24) is 19.9 Å². The van der Waals surface area contributed by atoms with Crippen LogP contribution in [0.3, 0.4) is 0 Å². The molecule has 2 fully saturated rings. The Morgan fingerprint density at radius 3 is 2.72 bits per heavy atom. The molecule has 8 heteroatoms.